The molecule has 0 aromatic carbocycles. The Morgan fingerprint density at radius 2 is 2.43 bits per heavy atom. The molecule has 0 fully saturated rings. The molecule has 6 nitrogen and oxygen atoms in total. The largest absolute Gasteiger partial charge is 0.355 e. The molecule has 0 spiro atoms. The zero-order chi connectivity index (χ0) is 14.7. The van der Waals surface area contributed by atoms with Gasteiger partial charge in [-0.25, -0.2) is 0 Å². The Kier molecular flexibility index (Phi) is 3.83. The predicted octanol–water partition coefficient (Wildman–Crippen LogP) is 2.34. The number of aromatic nitrogens is 3. The third-order valence-electron chi connectivity index (χ3n) is 3.01. The number of carbonyl (C=O) groups excluding carboxylic acids is 1. The van der Waals surface area contributed by atoms with E-state index in [1.807, 2.05) is 30.6 Å². The molecule has 3 rings (SSSR count). The Morgan fingerprint density at radius 1 is 1.52 bits per heavy atom. The lowest BCUT2D eigenvalue weighted by atomic mass is 10.2. The van der Waals surface area contributed by atoms with Gasteiger partial charge in [0, 0.05) is 25.0 Å². The summed E-state index contributed by atoms with van der Waals surface area (Å²) in [6.07, 6.45) is 3.55. The van der Waals surface area contributed by atoms with Crippen molar-refractivity contribution < 1.29 is 9.32 Å². The van der Waals surface area contributed by atoms with Gasteiger partial charge in [0.05, 0.1) is 11.4 Å². The van der Waals surface area contributed by atoms with Crippen LogP contribution in [-0.4, -0.2) is 27.4 Å². The van der Waals surface area contributed by atoms with Crippen LogP contribution in [0.25, 0.3) is 10.6 Å². The summed E-state index contributed by atoms with van der Waals surface area (Å²) in [4.78, 5) is 13.0. The molecular formula is C14H14N4O2S. The molecule has 0 bridgehead atoms. The van der Waals surface area contributed by atoms with E-state index in [0.29, 0.717) is 24.5 Å². The van der Waals surface area contributed by atoms with E-state index in [1.54, 1.807) is 28.3 Å². The molecule has 1 N–H and O–H groups in total. The van der Waals surface area contributed by atoms with Crippen LogP contribution in [0.1, 0.15) is 16.1 Å². The van der Waals surface area contributed by atoms with E-state index in [0.717, 1.165) is 10.4 Å². The number of aryl methyl sites for hydroxylation is 1. The highest BCUT2D eigenvalue weighted by molar-refractivity contribution is 7.13. The fourth-order valence-corrected chi connectivity index (χ4v) is 2.80. The second-order valence-electron chi connectivity index (χ2n) is 4.53. The topological polar surface area (TPSA) is 73.0 Å². The van der Waals surface area contributed by atoms with Gasteiger partial charge in [-0.15, -0.1) is 11.3 Å². The maximum absolute atomic E-state index is 12.0. The minimum Gasteiger partial charge on any atom is -0.355 e. The first-order chi connectivity index (χ1) is 10.2. The zero-order valence-corrected chi connectivity index (χ0v) is 12.3. The molecule has 21 heavy (non-hydrogen) atoms. The fraction of sp³-hybridized carbons (Fsp3) is 0.214. The molecule has 0 aliphatic carbocycles. The lowest BCUT2D eigenvalue weighted by Crippen LogP contribution is -2.27. The Bertz CT molecular complexity index is 730. The van der Waals surface area contributed by atoms with Crippen LogP contribution in [0.2, 0.25) is 0 Å². The molecule has 3 heterocycles. The van der Waals surface area contributed by atoms with Crippen molar-refractivity contribution in [3.05, 3.63) is 47.2 Å². The van der Waals surface area contributed by atoms with Crippen molar-refractivity contribution >= 4 is 17.2 Å². The van der Waals surface area contributed by atoms with Crippen molar-refractivity contribution in [1.29, 1.82) is 0 Å². The van der Waals surface area contributed by atoms with Crippen molar-refractivity contribution in [2.45, 2.75) is 13.5 Å². The second kappa shape index (κ2) is 5.92. The second-order valence-corrected chi connectivity index (χ2v) is 5.45. The van der Waals surface area contributed by atoms with Crippen molar-refractivity contribution in [3.8, 4) is 10.6 Å². The SMILES string of the molecule is Cc1ccsc1-c1cc(C(=O)NCCn2cccn2)no1. The van der Waals surface area contributed by atoms with Crippen LogP contribution in [0.3, 0.4) is 0 Å². The summed E-state index contributed by atoms with van der Waals surface area (Å²) in [7, 11) is 0. The summed E-state index contributed by atoms with van der Waals surface area (Å²) < 4.78 is 7.00. The molecule has 7 heteroatoms. The minimum absolute atomic E-state index is 0.244. The van der Waals surface area contributed by atoms with E-state index in [4.69, 9.17) is 4.52 Å². The molecule has 0 aliphatic rings. The van der Waals surface area contributed by atoms with E-state index in [1.165, 1.54) is 0 Å². The van der Waals surface area contributed by atoms with Crippen LogP contribution < -0.4 is 5.32 Å². The maximum atomic E-state index is 12.0. The smallest absolute Gasteiger partial charge is 0.273 e. The number of nitrogens with zero attached hydrogens (tertiary/aromatic N) is 3. The Morgan fingerprint density at radius 3 is 3.14 bits per heavy atom. The van der Waals surface area contributed by atoms with Crippen LogP contribution >= 0.6 is 11.3 Å². The number of nitrogens with one attached hydrogen (secondary N) is 1. The summed E-state index contributed by atoms with van der Waals surface area (Å²) in [5.41, 5.74) is 1.40. The van der Waals surface area contributed by atoms with Gasteiger partial charge >= 0.3 is 0 Å². The summed E-state index contributed by atoms with van der Waals surface area (Å²) in [5.74, 6) is 0.381. The van der Waals surface area contributed by atoms with Crippen LogP contribution in [-0.2, 0) is 6.54 Å². The highest BCUT2D eigenvalue weighted by atomic mass is 32.1. The average molecular weight is 302 g/mol. The van der Waals surface area contributed by atoms with Crippen LogP contribution in [0.15, 0.2) is 40.5 Å². The van der Waals surface area contributed by atoms with Gasteiger partial charge in [0.2, 0.25) is 0 Å². The molecule has 0 aliphatic heterocycles. The predicted molar refractivity (Wildman–Crippen MR) is 79.1 cm³/mol. The Balaban J connectivity index is 1.60. The number of hydrogen-bond donors (Lipinski definition) is 1. The van der Waals surface area contributed by atoms with Crippen LogP contribution in [0, 0.1) is 6.92 Å². The van der Waals surface area contributed by atoms with Crippen molar-refractivity contribution in [2.75, 3.05) is 6.54 Å². The van der Waals surface area contributed by atoms with Crippen LogP contribution in [0.4, 0.5) is 0 Å². The van der Waals surface area contributed by atoms with Gasteiger partial charge in [0.25, 0.3) is 5.91 Å². The quantitative estimate of drug-likeness (QED) is 0.785. The fourth-order valence-electron chi connectivity index (χ4n) is 1.92. The highest BCUT2D eigenvalue weighted by Crippen LogP contribution is 2.29. The first-order valence-electron chi connectivity index (χ1n) is 6.51. The highest BCUT2D eigenvalue weighted by Gasteiger charge is 2.15. The van der Waals surface area contributed by atoms with Gasteiger partial charge in [-0.2, -0.15) is 5.10 Å². The summed E-state index contributed by atoms with van der Waals surface area (Å²) in [5, 5.41) is 12.7. The number of thiophene rings is 1. The molecule has 1 amide bonds. The molecule has 0 atom stereocenters. The number of amides is 1. The van der Waals surface area contributed by atoms with E-state index in [2.05, 4.69) is 15.6 Å². The van der Waals surface area contributed by atoms with Gasteiger partial charge in [0.1, 0.15) is 0 Å². The summed E-state index contributed by atoms with van der Waals surface area (Å²) in [6.45, 7) is 3.10. The normalized spacial score (nSPS) is 10.7. The van der Waals surface area contributed by atoms with Crippen molar-refractivity contribution in [3.63, 3.8) is 0 Å². The average Bonchev–Trinajstić information content (AvgIpc) is 3.18. The molecular weight excluding hydrogens is 288 g/mol. The van der Waals surface area contributed by atoms with E-state index < -0.39 is 0 Å². The number of rotatable bonds is 5. The molecule has 108 valence electrons. The van der Waals surface area contributed by atoms with Crippen molar-refractivity contribution in [2.24, 2.45) is 0 Å². The zero-order valence-electron chi connectivity index (χ0n) is 11.4. The molecule has 3 aromatic rings. The molecule has 0 saturated carbocycles. The monoisotopic (exact) mass is 302 g/mol. The van der Waals surface area contributed by atoms with E-state index in [-0.39, 0.29) is 5.91 Å². The minimum atomic E-state index is -0.244. The molecule has 0 unspecified atom stereocenters. The number of carbonyl (C=O) groups is 1. The molecule has 0 radical (unpaired) electrons. The first kappa shape index (κ1) is 13.6. The molecule has 0 saturated heterocycles. The summed E-state index contributed by atoms with van der Waals surface area (Å²) >= 11 is 1.57. The summed E-state index contributed by atoms with van der Waals surface area (Å²) in [6, 6.07) is 5.52. The van der Waals surface area contributed by atoms with Crippen LogP contribution in [0.5, 0.6) is 0 Å². The third-order valence-corrected chi connectivity index (χ3v) is 4.05. The van der Waals surface area contributed by atoms with Crippen molar-refractivity contribution in [1.82, 2.24) is 20.3 Å². The first-order valence-corrected chi connectivity index (χ1v) is 7.39. The Labute approximate surface area is 125 Å². The van der Waals surface area contributed by atoms with Gasteiger partial charge in [-0.05, 0) is 30.0 Å². The van der Waals surface area contributed by atoms with E-state index in [9.17, 15) is 4.79 Å². The Hall–Kier alpha value is -2.41. The molecule has 3 aromatic heterocycles. The number of hydrogen-bond acceptors (Lipinski definition) is 5. The van der Waals surface area contributed by atoms with Gasteiger partial charge in [-0.3, -0.25) is 9.48 Å². The van der Waals surface area contributed by atoms with E-state index >= 15 is 0 Å². The third kappa shape index (κ3) is 3.03. The maximum Gasteiger partial charge on any atom is 0.273 e. The lowest BCUT2D eigenvalue weighted by molar-refractivity contribution is 0.0943. The van der Waals surface area contributed by atoms with Gasteiger partial charge in [0.15, 0.2) is 11.5 Å². The van der Waals surface area contributed by atoms with Gasteiger partial charge in [-0.1, -0.05) is 5.16 Å². The lowest BCUT2D eigenvalue weighted by Gasteiger charge is -2.02. The standard InChI is InChI=1S/C14H14N4O2S/c1-10-3-8-21-13(10)12-9-11(17-20-12)14(19)15-5-7-18-6-2-4-16-18/h2-4,6,8-9H,5,7H2,1H3,(H,15,19). The van der Waals surface area contributed by atoms with Gasteiger partial charge < -0.3 is 9.84 Å².